The van der Waals surface area contributed by atoms with Crippen molar-refractivity contribution in [2.75, 3.05) is 26.1 Å². The lowest BCUT2D eigenvalue weighted by molar-refractivity contribution is -0.136. The number of hydrogen-bond acceptors (Lipinski definition) is 5. The standard InChI is InChI=1S/C18H18F2N2O5/c1-26-15-6-3-10(7-16(15)27-2)14(23)9-21-17(24)18(25)22-11-4-5-12(19)13(20)8-11/h3-8,14,23H,9H2,1-2H3,(H,21,24)(H,22,25)/t14-/m0/s1. The fraction of sp³-hybridized carbons (Fsp3) is 0.222. The van der Waals surface area contributed by atoms with Gasteiger partial charge in [-0.15, -0.1) is 0 Å². The molecule has 0 radical (unpaired) electrons. The van der Waals surface area contributed by atoms with Crippen LogP contribution in [0.4, 0.5) is 14.5 Å². The Morgan fingerprint density at radius 3 is 2.33 bits per heavy atom. The Kier molecular flexibility index (Phi) is 6.67. The third-order valence-electron chi connectivity index (χ3n) is 3.63. The molecule has 27 heavy (non-hydrogen) atoms. The Hall–Kier alpha value is -3.20. The van der Waals surface area contributed by atoms with Gasteiger partial charge in [-0.3, -0.25) is 9.59 Å². The maximum Gasteiger partial charge on any atom is 0.313 e. The average molecular weight is 380 g/mol. The zero-order chi connectivity index (χ0) is 20.0. The lowest BCUT2D eigenvalue weighted by Crippen LogP contribution is -2.37. The summed E-state index contributed by atoms with van der Waals surface area (Å²) >= 11 is 0. The van der Waals surface area contributed by atoms with E-state index in [0.29, 0.717) is 17.1 Å². The summed E-state index contributed by atoms with van der Waals surface area (Å²) in [7, 11) is 2.91. The zero-order valence-electron chi connectivity index (χ0n) is 14.6. The number of anilines is 1. The Morgan fingerprint density at radius 2 is 1.70 bits per heavy atom. The van der Waals surface area contributed by atoms with Crippen LogP contribution in [0.2, 0.25) is 0 Å². The number of aliphatic hydroxyl groups excluding tert-OH is 1. The number of amides is 2. The number of benzene rings is 2. The number of aliphatic hydroxyl groups is 1. The Labute approximate surface area is 153 Å². The van der Waals surface area contributed by atoms with Gasteiger partial charge in [0.2, 0.25) is 0 Å². The first-order valence-corrected chi connectivity index (χ1v) is 7.80. The lowest BCUT2D eigenvalue weighted by atomic mass is 10.1. The molecule has 9 heteroatoms. The molecule has 0 heterocycles. The van der Waals surface area contributed by atoms with Crippen molar-refractivity contribution in [2.45, 2.75) is 6.10 Å². The van der Waals surface area contributed by atoms with Crippen molar-refractivity contribution < 1.29 is 33.0 Å². The lowest BCUT2D eigenvalue weighted by Gasteiger charge is -2.15. The van der Waals surface area contributed by atoms with Crippen LogP contribution in [0.15, 0.2) is 36.4 Å². The first kappa shape index (κ1) is 20.1. The predicted molar refractivity (Wildman–Crippen MR) is 92.5 cm³/mol. The highest BCUT2D eigenvalue weighted by Crippen LogP contribution is 2.29. The van der Waals surface area contributed by atoms with E-state index in [2.05, 4.69) is 10.6 Å². The second kappa shape index (κ2) is 8.95. The molecule has 0 aliphatic heterocycles. The fourth-order valence-electron chi connectivity index (χ4n) is 2.21. The SMILES string of the molecule is COc1ccc([C@@H](O)CNC(=O)C(=O)Nc2ccc(F)c(F)c2)cc1OC. The third kappa shape index (κ3) is 5.14. The molecule has 2 amide bonds. The van der Waals surface area contributed by atoms with E-state index in [0.717, 1.165) is 18.2 Å². The molecule has 2 aromatic carbocycles. The van der Waals surface area contributed by atoms with Crippen LogP contribution in [0.1, 0.15) is 11.7 Å². The average Bonchev–Trinajstić information content (AvgIpc) is 2.67. The van der Waals surface area contributed by atoms with Gasteiger partial charge in [0.05, 0.1) is 20.3 Å². The van der Waals surface area contributed by atoms with Crippen LogP contribution in [0.5, 0.6) is 11.5 Å². The summed E-state index contributed by atoms with van der Waals surface area (Å²) in [6, 6.07) is 7.40. The van der Waals surface area contributed by atoms with Crippen LogP contribution in [0.25, 0.3) is 0 Å². The van der Waals surface area contributed by atoms with Crippen molar-refractivity contribution in [3.05, 3.63) is 53.6 Å². The molecule has 0 aliphatic rings. The molecule has 0 bridgehead atoms. The summed E-state index contributed by atoms with van der Waals surface area (Å²) in [5, 5.41) is 14.5. The topological polar surface area (TPSA) is 96.9 Å². The van der Waals surface area contributed by atoms with E-state index in [1.807, 2.05) is 0 Å². The molecule has 2 aromatic rings. The van der Waals surface area contributed by atoms with Gasteiger partial charge >= 0.3 is 11.8 Å². The Bertz CT molecular complexity index is 844. The third-order valence-corrected chi connectivity index (χ3v) is 3.63. The molecule has 0 aliphatic carbocycles. The number of rotatable bonds is 6. The van der Waals surface area contributed by atoms with E-state index in [-0.39, 0.29) is 12.2 Å². The number of ether oxygens (including phenoxy) is 2. The number of carbonyl (C=O) groups is 2. The summed E-state index contributed by atoms with van der Waals surface area (Å²) in [4.78, 5) is 23.6. The molecule has 3 N–H and O–H groups in total. The Morgan fingerprint density at radius 1 is 1.00 bits per heavy atom. The second-order valence-electron chi connectivity index (χ2n) is 5.42. The highest BCUT2D eigenvalue weighted by molar-refractivity contribution is 6.39. The van der Waals surface area contributed by atoms with Gasteiger partial charge in [-0.05, 0) is 29.8 Å². The van der Waals surface area contributed by atoms with Gasteiger partial charge in [0.25, 0.3) is 0 Å². The highest BCUT2D eigenvalue weighted by atomic mass is 19.2. The highest BCUT2D eigenvalue weighted by Gasteiger charge is 2.17. The second-order valence-corrected chi connectivity index (χ2v) is 5.42. The first-order chi connectivity index (χ1) is 12.8. The van der Waals surface area contributed by atoms with E-state index >= 15 is 0 Å². The summed E-state index contributed by atoms with van der Waals surface area (Å²) < 4.78 is 36.2. The minimum absolute atomic E-state index is 0.0745. The smallest absolute Gasteiger partial charge is 0.313 e. The van der Waals surface area contributed by atoms with E-state index in [9.17, 15) is 23.5 Å². The van der Waals surface area contributed by atoms with Crippen LogP contribution >= 0.6 is 0 Å². The molecule has 0 saturated heterocycles. The van der Waals surface area contributed by atoms with Crippen LogP contribution in [0.3, 0.4) is 0 Å². The van der Waals surface area contributed by atoms with Crippen molar-refractivity contribution in [1.29, 1.82) is 0 Å². The zero-order valence-corrected chi connectivity index (χ0v) is 14.6. The number of halogens is 2. The van der Waals surface area contributed by atoms with E-state index in [1.54, 1.807) is 12.1 Å². The van der Waals surface area contributed by atoms with E-state index < -0.39 is 29.6 Å². The minimum atomic E-state index is -1.16. The normalized spacial score (nSPS) is 11.4. The number of nitrogens with one attached hydrogen (secondary N) is 2. The van der Waals surface area contributed by atoms with Crippen molar-refractivity contribution >= 4 is 17.5 Å². The molecule has 7 nitrogen and oxygen atoms in total. The monoisotopic (exact) mass is 380 g/mol. The molecular weight excluding hydrogens is 362 g/mol. The summed E-state index contributed by atoms with van der Waals surface area (Å²) in [6.07, 6.45) is -1.11. The molecule has 0 aromatic heterocycles. The largest absolute Gasteiger partial charge is 0.493 e. The quantitative estimate of drug-likeness (QED) is 0.664. The predicted octanol–water partition coefficient (Wildman–Crippen LogP) is 1.77. The van der Waals surface area contributed by atoms with Gasteiger partial charge in [-0.1, -0.05) is 6.07 Å². The number of hydrogen-bond donors (Lipinski definition) is 3. The number of carbonyl (C=O) groups excluding carboxylic acids is 2. The van der Waals surface area contributed by atoms with E-state index in [4.69, 9.17) is 9.47 Å². The summed E-state index contributed by atoms with van der Waals surface area (Å²) in [5.41, 5.74) is 0.364. The van der Waals surface area contributed by atoms with Crippen molar-refractivity contribution in [3.8, 4) is 11.5 Å². The van der Waals surface area contributed by atoms with Crippen LogP contribution < -0.4 is 20.1 Å². The molecule has 1 atom stereocenters. The van der Waals surface area contributed by atoms with Crippen LogP contribution in [-0.4, -0.2) is 37.7 Å². The van der Waals surface area contributed by atoms with Crippen LogP contribution in [0, 0.1) is 11.6 Å². The number of methoxy groups -OCH3 is 2. The van der Waals surface area contributed by atoms with Gasteiger partial charge in [0.1, 0.15) is 0 Å². The maximum atomic E-state index is 13.1. The molecule has 0 unspecified atom stereocenters. The Balaban J connectivity index is 1.93. The fourth-order valence-corrected chi connectivity index (χ4v) is 2.21. The van der Waals surface area contributed by atoms with Crippen molar-refractivity contribution in [3.63, 3.8) is 0 Å². The van der Waals surface area contributed by atoms with Gasteiger partial charge in [0, 0.05) is 18.3 Å². The minimum Gasteiger partial charge on any atom is -0.493 e. The summed E-state index contributed by atoms with van der Waals surface area (Å²) in [6.45, 7) is -0.250. The molecule has 144 valence electrons. The van der Waals surface area contributed by atoms with Gasteiger partial charge in [-0.25, -0.2) is 8.78 Å². The van der Waals surface area contributed by atoms with E-state index in [1.165, 1.54) is 20.3 Å². The van der Waals surface area contributed by atoms with Crippen molar-refractivity contribution in [1.82, 2.24) is 5.32 Å². The maximum absolute atomic E-state index is 13.1. The van der Waals surface area contributed by atoms with Crippen molar-refractivity contribution in [2.24, 2.45) is 0 Å². The van der Waals surface area contributed by atoms with Gasteiger partial charge < -0.3 is 25.2 Å². The van der Waals surface area contributed by atoms with Gasteiger partial charge in [0.15, 0.2) is 23.1 Å². The van der Waals surface area contributed by atoms with Gasteiger partial charge in [-0.2, -0.15) is 0 Å². The molecule has 0 fully saturated rings. The molecular formula is C18H18F2N2O5. The molecule has 0 saturated carbocycles. The van der Waals surface area contributed by atoms with Crippen LogP contribution in [-0.2, 0) is 9.59 Å². The molecule has 0 spiro atoms. The molecule has 2 rings (SSSR count). The first-order valence-electron chi connectivity index (χ1n) is 7.80. The summed E-state index contributed by atoms with van der Waals surface area (Å²) in [5.74, 6) is -3.48.